The van der Waals surface area contributed by atoms with E-state index < -0.39 is 11.3 Å². The number of rotatable bonds is 22. The standard InChI is InChI=1S/C27H52N3O6/c1-5-6-7-8-9-10-11-12-13-14-15-16-24(31)28-17-18-34-19-20-35-21-25(32)29-22-27(4)30(33)26(2,3)23-36-27/h5-23H2,1-4H3,(H,28,31)(H,29,32). The van der Waals surface area contributed by atoms with Crippen LogP contribution in [0.1, 0.15) is 105 Å². The van der Waals surface area contributed by atoms with E-state index in [-0.39, 0.29) is 31.6 Å². The highest BCUT2D eigenvalue weighted by molar-refractivity contribution is 5.77. The van der Waals surface area contributed by atoms with Gasteiger partial charge in [0.2, 0.25) is 11.8 Å². The Bertz CT molecular complexity index is 604. The maximum atomic E-state index is 12.3. The summed E-state index contributed by atoms with van der Waals surface area (Å²) in [4.78, 5) is 23.8. The molecule has 1 radical (unpaired) electrons. The first-order chi connectivity index (χ1) is 17.2. The summed E-state index contributed by atoms with van der Waals surface area (Å²) in [7, 11) is 0. The molecule has 0 saturated carbocycles. The van der Waals surface area contributed by atoms with Crippen molar-refractivity contribution in [1.29, 1.82) is 0 Å². The molecule has 0 bridgehead atoms. The van der Waals surface area contributed by atoms with Crippen molar-refractivity contribution in [2.75, 3.05) is 46.1 Å². The quantitative estimate of drug-likeness (QED) is 0.210. The second kappa shape index (κ2) is 18.9. The molecule has 0 aromatic carbocycles. The second-order valence-electron chi connectivity index (χ2n) is 10.6. The van der Waals surface area contributed by atoms with Gasteiger partial charge in [-0.25, -0.2) is 0 Å². The van der Waals surface area contributed by atoms with Gasteiger partial charge in [-0.3, -0.25) is 9.59 Å². The predicted octanol–water partition coefficient (Wildman–Crippen LogP) is 4.13. The lowest BCUT2D eigenvalue weighted by Gasteiger charge is -2.32. The van der Waals surface area contributed by atoms with Crippen LogP contribution in [0.15, 0.2) is 0 Å². The van der Waals surface area contributed by atoms with Gasteiger partial charge in [-0.15, -0.1) is 10.3 Å². The number of hydroxylamine groups is 2. The van der Waals surface area contributed by atoms with Crippen LogP contribution in [0.4, 0.5) is 0 Å². The van der Waals surface area contributed by atoms with Crippen molar-refractivity contribution < 1.29 is 29.0 Å². The molecular formula is C27H52N3O6. The molecule has 1 saturated heterocycles. The fourth-order valence-electron chi connectivity index (χ4n) is 4.21. The summed E-state index contributed by atoms with van der Waals surface area (Å²) in [6.07, 6.45) is 14.6. The zero-order valence-electron chi connectivity index (χ0n) is 23.3. The van der Waals surface area contributed by atoms with Gasteiger partial charge in [0, 0.05) is 13.0 Å². The van der Waals surface area contributed by atoms with Gasteiger partial charge in [0.25, 0.3) is 0 Å². The molecule has 1 rings (SSSR count). The Morgan fingerprint density at radius 1 is 0.806 bits per heavy atom. The van der Waals surface area contributed by atoms with Crippen LogP contribution >= 0.6 is 0 Å². The molecule has 0 aromatic rings. The monoisotopic (exact) mass is 514 g/mol. The summed E-state index contributed by atoms with van der Waals surface area (Å²) < 4.78 is 16.3. The van der Waals surface area contributed by atoms with Crippen LogP contribution in [0.25, 0.3) is 0 Å². The summed E-state index contributed by atoms with van der Waals surface area (Å²) in [5.41, 5.74) is -1.68. The van der Waals surface area contributed by atoms with E-state index in [4.69, 9.17) is 14.2 Å². The Morgan fingerprint density at radius 3 is 1.97 bits per heavy atom. The summed E-state index contributed by atoms with van der Waals surface area (Å²) in [5.74, 6) is -0.241. The molecule has 1 fully saturated rings. The lowest BCUT2D eigenvalue weighted by molar-refractivity contribution is -0.281. The first-order valence-electron chi connectivity index (χ1n) is 14.0. The third-order valence-corrected chi connectivity index (χ3v) is 6.51. The van der Waals surface area contributed by atoms with E-state index >= 15 is 0 Å². The van der Waals surface area contributed by atoms with Crippen molar-refractivity contribution in [2.24, 2.45) is 0 Å². The number of nitrogens with zero attached hydrogens (tertiary/aromatic N) is 1. The van der Waals surface area contributed by atoms with E-state index in [0.717, 1.165) is 17.9 Å². The fraction of sp³-hybridized carbons (Fsp3) is 0.926. The van der Waals surface area contributed by atoms with Crippen LogP contribution in [-0.2, 0) is 29.0 Å². The Hall–Kier alpha value is -1.26. The Balaban J connectivity index is 1.86. The Labute approximate surface area is 218 Å². The number of unbranched alkanes of at least 4 members (excludes halogenated alkanes) is 10. The molecule has 0 spiro atoms. The smallest absolute Gasteiger partial charge is 0.246 e. The topological polar surface area (TPSA) is 109 Å². The molecule has 1 unspecified atom stereocenters. The number of carbonyl (C=O) groups excluding carboxylic acids is 2. The lowest BCUT2D eigenvalue weighted by atomic mass is 10.1. The zero-order chi connectivity index (χ0) is 26.7. The van der Waals surface area contributed by atoms with E-state index in [2.05, 4.69) is 17.6 Å². The maximum Gasteiger partial charge on any atom is 0.246 e. The zero-order valence-corrected chi connectivity index (χ0v) is 23.3. The number of nitrogens with one attached hydrogen (secondary N) is 2. The third kappa shape index (κ3) is 14.5. The van der Waals surface area contributed by atoms with Crippen molar-refractivity contribution in [3.05, 3.63) is 0 Å². The molecule has 1 atom stereocenters. The lowest BCUT2D eigenvalue weighted by Crippen LogP contribution is -2.53. The highest BCUT2D eigenvalue weighted by Crippen LogP contribution is 2.32. The van der Waals surface area contributed by atoms with Gasteiger partial charge >= 0.3 is 0 Å². The summed E-state index contributed by atoms with van der Waals surface area (Å²) in [5, 5.41) is 18.7. The molecule has 0 aliphatic carbocycles. The molecule has 9 heteroatoms. The highest BCUT2D eigenvalue weighted by Gasteiger charge is 2.50. The molecule has 2 N–H and O–H groups in total. The number of hydrogen-bond acceptors (Lipinski definition) is 6. The van der Waals surface area contributed by atoms with Crippen molar-refractivity contribution >= 4 is 11.8 Å². The number of hydrogen-bond donors (Lipinski definition) is 2. The minimum Gasteiger partial charge on any atom is -0.377 e. The van der Waals surface area contributed by atoms with Crippen molar-refractivity contribution in [3.63, 3.8) is 0 Å². The maximum absolute atomic E-state index is 12.3. The van der Waals surface area contributed by atoms with Gasteiger partial charge in [-0.1, -0.05) is 71.1 Å². The summed E-state index contributed by atoms with van der Waals surface area (Å²) in [6, 6.07) is 0. The molecule has 1 aliphatic rings. The van der Waals surface area contributed by atoms with Crippen LogP contribution in [0.5, 0.6) is 0 Å². The van der Waals surface area contributed by atoms with E-state index in [1.807, 2.05) is 0 Å². The van der Waals surface area contributed by atoms with Crippen LogP contribution in [0.2, 0.25) is 0 Å². The minimum atomic E-state index is -1.07. The van der Waals surface area contributed by atoms with E-state index in [1.54, 1.807) is 20.8 Å². The van der Waals surface area contributed by atoms with Crippen LogP contribution in [0.3, 0.4) is 0 Å². The van der Waals surface area contributed by atoms with Gasteiger partial charge in [0.1, 0.15) is 6.61 Å². The second-order valence-corrected chi connectivity index (χ2v) is 10.6. The van der Waals surface area contributed by atoms with Crippen LogP contribution in [-0.4, -0.2) is 74.3 Å². The fourth-order valence-corrected chi connectivity index (χ4v) is 4.21. The van der Waals surface area contributed by atoms with Crippen molar-refractivity contribution in [2.45, 2.75) is 116 Å². The predicted molar refractivity (Wildman–Crippen MR) is 140 cm³/mol. The third-order valence-electron chi connectivity index (χ3n) is 6.51. The van der Waals surface area contributed by atoms with Gasteiger partial charge in [0.15, 0.2) is 5.72 Å². The molecule has 36 heavy (non-hydrogen) atoms. The molecule has 0 aromatic heterocycles. The van der Waals surface area contributed by atoms with Gasteiger partial charge in [-0.05, 0) is 27.2 Å². The SMILES string of the molecule is CCCCCCCCCCCCCC(=O)NCCOCCOCC(=O)NCC1(C)OCC(C)(C)N1[O]. The molecule has 2 amide bonds. The summed E-state index contributed by atoms with van der Waals surface area (Å²) in [6.45, 7) is 9.31. The Morgan fingerprint density at radius 2 is 1.39 bits per heavy atom. The normalized spacial score (nSPS) is 19.5. The van der Waals surface area contributed by atoms with Gasteiger partial charge < -0.3 is 24.8 Å². The Kier molecular flexibility index (Phi) is 17.2. The van der Waals surface area contributed by atoms with Crippen LogP contribution in [0, 0.1) is 0 Å². The van der Waals surface area contributed by atoms with Crippen LogP contribution < -0.4 is 10.6 Å². The van der Waals surface area contributed by atoms with Crippen molar-refractivity contribution in [1.82, 2.24) is 15.7 Å². The molecule has 211 valence electrons. The highest BCUT2D eigenvalue weighted by atomic mass is 16.6. The largest absolute Gasteiger partial charge is 0.377 e. The average Bonchev–Trinajstić information content (AvgIpc) is 3.06. The van der Waals surface area contributed by atoms with Gasteiger partial charge in [-0.2, -0.15) is 0 Å². The molecule has 9 nitrogen and oxygen atoms in total. The van der Waals surface area contributed by atoms with Crippen molar-refractivity contribution in [3.8, 4) is 0 Å². The first-order valence-corrected chi connectivity index (χ1v) is 14.0. The van der Waals surface area contributed by atoms with E-state index in [0.29, 0.717) is 32.8 Å². The number of ether oxygens (including phenoxy) is 3. The molecular weight excluding hydrogens is 462 g/mol. The average molecular weight is 515 g/mol. The molecule has 1 heterocycles. The van der Waals surface area contributed by atoms with E-state index in [9.17, 15) is 14.8 Å². The number of amides is 2. The minimum absolute atomic E-state index is 0.0717. The molecule has 1 aliphatic heterocycles. The van der Waals surface area contributed by atoms with E-state index in [1.165, 1.54) is 57.8 Å². The summed E-state index contributed by atoms with van der Waals surface area (Å²) >= 11 is 0. The first kappa shape index (κ1) is 32.8. The van der Waals surface area contributed by atoms with Gasteiger partial charge in [0.05, 0.1) is 38.5 Å². The number of carbonyl (C=O) groups is 2.